The first-order valence-corrected chi connectivity index (χ1v) is 6.09. The molecule has 3 rings (SSSR count). The van der Waals surface area contributed by atoms with Crippen molar-refractivity contribution >= 4 is 23.2 Å². The normalized spacial score (nSPS) is 10.8. The maximum absolute atomic E-state index is 8.71. The highest BCUT2D eigenvalue weighted by atomic mass is 15.3. The standard InChI is InChI=1S/C15H11N5/c16-9-11-5-7-12(8-6-11)10-17-20-15-18-13-3-1-2-4-14(13)19-15/h1-8,10H,(H2,18,19,20)/b17-10+. The van der Waals surface area contributed by atoms with Gasteiger partial charge >= 0.3 is 0 Å². The molecular weight excluding hydrogens is 250 g/mol. The summed E-state index contributed by atoms with van der Waals surface area (Å²) in [5.74, 6) is 0.594. The van der Waals surface area contributed by atoms with Crippen molar-refractivity contribution in [3.63, 3.8) is 0 Å². The summed E-state index contributed by atoms with van der Waals surface area (Å²) in [7, 11) is 0. The molecular formula is C15H11N5. The molecule has 5 nitrogen and oxygen atoms in total. The number of anilines is 1. The van der Waals surface area contributed by atoms with Crippen LogP contribution >= 0.6 is 0 Å². The Morgan fingerprint density at radius 3 is 2.70 bits per heavy atom. The van der Waals surface area contributed by atoms with E-state index in [2.05, 4.69) is 26.6 Å². The number of H-pyrrole nitrogens is 1. The summed E-state index contributed by atoms with van der Waals surface area (Å²) in [6, 6.07) is 17.0. The lowest BCUT2D eigenvalue weighted by Crippen LogP contribution is -1.92. The molecule has 0 unspecified atom stereocenters. The Hall–Kier alpha value is -3.13. The number of nitrogens with zero attached hydrogens (tertiary/aromatic N) is 3. The Bertz CT molecular complexity index is 760. The van der Waals surface area contributed by atoms with Crippen LogP contribution in [-0.4, -0.2) is 16.2 Å². The van der Waals surface area contributed by atoms with Crippen molar-refractivity contribution in [2.45, 2.75) is 0 Å². The predicted octanol–water partition coefficient (Wildman–Crippen LogP) is 2.88. The summed E-state index contributed by atoms with van der Waals surface area (Å²) < 4.78 is 0. The van der Waals surface area contributed by atoms with E-state index in [1.807, 2.05) is 36.4 Å². The van der Waals surface area contributed by atoms with Crippen LogP contribution in [0.1, 0.15) is 11.1 Å². The number of nitrogens with one attached hydrogen (secondary N) is 2. The van der Waals surface area contributed by atoms with Gasteiger partial charge in [-0.2, -0.15) is 10.4 Å². The Morgan fingerprint density at radius 2 is 1.95 bits per heavy atom. The van der Waals surface area contributed by atoms with E-state index in [0.29, 0.717) is 11.5 Å². The number of benzene rings is 2. The number of fused-ring (bicyclic) bond motifs is 1. The molecule has 1 aromatic heterocycles. The molecule has 1 heterocycles. The Balaban J connectivity index is 1.71. The smallest absolute Gasteiger partial charge is 0.222 e. The van der Waals surface area contributed by atoms with Gasteiger partial charge in [-0.15, -0.1) is 0 Å². The summed E-state index contributed by atoms with van der Waals surface area (Å²) >= 11 is 0. The third kappa shape index (κ3) is 2.49. The number of hydrogen-bond acceptors (Lipinski definition) is 4. The van der Waals surface area contributed by atoms with Crippen LogP contribution in [-0.2, 0) is 0 Å². The molecule has 0 bridgehead atoms. The average Bonchev–Trinajstić information content (AvgIpc) is 2.90. The van der Waals surface area contributed by atoms with Crippen LogP contribution in [0.3, 0.4) is 0 Å². The minimum Gasteiger partial charge on any atom is -0.323 e. The predicted molar refractivity (Wildman–Crippen MR) is 78.5 cm³/mol. The topological polar surface area (TPSA) is 76.9 Å². The molecule has 0 aliphatic heterocycles. The molecule has 0 aliphatic carbocycles. The largest absolute Gasteiger partial charge is 0.323 e. The van der Waals surface area contributed by atoms with Gasteiger partial charge in [0.2, 0.25) is 5.95 Å². The van der Waals surface area contributed by atoms with Crippen molar-refractivity contribution in [1.82, 2.24) is 9.97 Å². The van der Waals surface area contributed by atoms with Gasteiger partial charge < -0.3 is 4.98 Å². The third-order valence-electron chi connectivity index (χ3n) is 2.81. The van der Waals surface area contributed by atoms with Gasteiger partial charge in [-0.05, 0) is 29.8 Å². The van der Waals surface area contributed by atoms with Gasteiger partial charge in [0.25, 0.3) is 0 Å². The summed E-state index contributed by atoms with van der Waals surface area (Å²) in [5.41, 5.74) is 6.24. The summed E-state index contributed by atoms with van der Waals surface area (Å²) in [6.07, 6.45) is 1.67. The lowest BCUT2D eigenvalue weighted by molar-refractivity contribution is 1.21. The molecule has 2 aromatic carbocycles. The van der Waals surface area contributed by atoms with E-state index in [1.54, 1.807) is 18.3 Å². The second kappa shape index (κ2) is 5.24. The molecule has 0 atom stereocenters. The molecule has 0 amide bonds. The number of para-hydroxylation sites is 2. The van der Waals surface area contributed by atoms with Gasteiger partial charge in [0, 0.05) is 0 Å². The molecule has 2 N–H and O–H groups in total. The summed E-state index contributed by atoms with van der Waals surface area (Å²) in [4.78, 5) is 7.47. The van der Waals surface area contributed by atoms with Crippen LogP contribution in [0.25, 0.3) is 11.0 Å². The fourth-order valence-corrected chi connectivity index (χ4v) is 1.82. The molecule has 5 heteroatoms. The van der Waals surface area contributed by atoms with Crippen LogP contribution in [0.15, 0.2) is 53.6 Å². The van der Waals surface area contributed by atoms with Crippen molar-refractivity contribution < 1.29 is 0 Å². The first kappa shape index (κ1) is 11.9. The molecule has 96 valence electrons. The molecule has 0 saturated carbocycles. The number of aromatic amines is 1. The van der Waals surface area contributed by atoms with Crippen molar-refractivity contribution in [3.05, 3.63) is 59.7 Å². The fraction of sp³-hybridized carbons (Fsp3) is 0. The number of rotatable bonds is 3. The molecule has 20 heavy (non-hydrogen) atoms. The SMILES string of the molecule is N#Cc1ccc(/C=N/Nc2nc3ccccc3[nH]2)cc1. The summed E-state index contributed by atoms with van der Waals surface area (Å²) in [6.45, 7) is 0. The van der Waals surface area contributed by atoms with Crippen molar-refractivity contribution in [3.8, 4) is 6.07 Å². The van der Waals surface area contributed by atoms with Gasteiger partial charge in [-0.1, -0.05) is 24.3 Å². The van der Waals surface area contributed by atoms with E-state index >= 15 is 0 Å². The second-order valence-electron chi connectivity index (χ2n) is 4.21. The first-order chi connectivity index (χ1) is 9.85. The zero-order valence-electron chi connectivity index (χ0n) is 10.5. The average molecular weight is 261 g/mol. The van der Waals surface area contributed by atoms with Crippen molar-refractivity contribution in [2.24, 2.45) is 5.10 Å². The van der Waals surface area contributed by atoms with E-state index in [-0.39, 0.29) is 0 Å². The van der Waals surface area contributed by atoms with Gasteiger partial charge in [0.05, 0.1) is 28.9 Å². The minimum atomic E-state index is 0.594. The third-order valence-corrected chi connectivity index (χ3v) is 2.81. The van der Waals surface area contributed by atoms with Gasteiger partial charge in [0.1, 0.15) is 0 Å². The van der Waals surface area contributed by atoms with Gasteiger partial charge in [-0.3, -0.25) is 0 Å². The zero-order chi connectivity index (χ0) is 13.8. The monoisotopic (exact) mass is 261 g/mol. The second-order valence-corrected chi connectivity index (χ2v) is 4.21. The minimum absolute atomic E-state index is 0.594. The van der Waals surface area contributed by atoms with Crippen molar-refractivity contribution in [1.29, 1.82) is 5.26 Å². The molecule has 0 spiro atoms. The maximum Gasteiger partial charge on any atom is 0.222 e. The number of nitriles is 1. The van der Waals surface area contributed by atoms with Crippen molar-refractivity contribution in [2.75, 3.05) is 5.43 Å². The molecule has 3 aromatic rings. The quantitative estimate of drug-likeness (QED) is 0.562. The fourth-order valence-electron chi connectivity index (χ4n) is 1.82. The van der Waals surface area contributed by atoms with E-state index in [0.717, 1.165) is 16.6 Å². The zero-order valence-corrected chi connectivity index (χ0v) is 10.5. The molecule has 0 aliphatic rings. The van der Waals surface area contributed by atoms with Crippen LogP contribution in [0.5, 0.6) is 0 Å². The number of hydrazone groups is 1. The molecule has 0 fully saturated rings. The highest BCUT2D eigenvalue weighted by molar-refractivity contribution is 5.81. The lowest BCUT2D eigenvalue weighted by Gasteiger charge is -1.94. The highest BCUT2D eigenvalue weighted by Crippen LogP contribution is 2.13. The number of imidazole rings is 1. The van der Waals surface area contributed by atoms with E-state index in [9.17, 15) is 0 Å². The van der Waals surface area contributed by atoms with Gasteiger partial charge in [-0.25, -0.2) is 10.4 Å². The van der Waals surface area contributed by atoms with Gasteiger partial charge in [0.15, 0.2) is 0 Å². The van der Waals surface area contributed by atoms with Crippen LogP contribution in [0, 0.1) is 11.3 Å². The first-order valence-electron chi connectivity index (χ1n) is 6.09. The Kier molecular flexibility index (Phi) is 3.13. The Morgan fingerprint density at radius 1 is 1.15 bits per heavy atom. The molecule has 0 saturated heterocycles. The van der Waals surface area contributed by atoms with E-state index < -0.39 is 0 Å². The maximum atomic E-state index is 8.71. The molecule has 0 radical (unpaired) electrons. The highest BCUT2D eigenvalue weighted by Gasteiger charge is 1.99. The van der Waals surface area contributed by atoms with Crippen LogP contribution in [0.2, 0.25) is 0 Å². The van der Waals surface area contributed by atoms with E-state index in [1.165, 1.54) is 0 Å². The Labute approximate surface area is 115 Å². The lowest BCUT2D eigenvalue weighted by atomic mass is 10.2. The number of hydrogen-bond donors (Lipinski definition) is 2. The van der Waals surface area contributed by atoms with E-state index in [4.69, 9.17) is 5.26 Å². The van der Waals surface area contributed by atoms with Crippen LogP contribution in [0.4, 0.5) is 5.95 Å². The number of aromatic nitrogens is 2. The summed E-state index contributed by atoms with van der Waals surface area (Å²) in [5, 5.41) is 12.8. The van der Waals surface area contributed by atoms with Crippen LogP contribution < -0.4 is 5.43 Å².